The molecule has 0 N–H and O–H groups in total. The maximum Gasteiger partial charge on any atom is 0.240 e. The van der Waals surface area contributed by atoms with Crippen LogP contribution in [0.5, 0.6) is 11.5 Å². The van der Waals surface area contributed by atoms with Crippen LogP contribution in [-0.2, 0) is 4.79 Å². The lowest BCUT2D eigenvalue weighted by atomic mass is 9.99. The molecule has 120 valence electrons. The Morgan fingerprint density at radius 3 is 2.65 bits per heavy atom. The lowest BCUT2D eigenvalue weighted by molar-refractivity contribution is -0.130. The summed E-state index contributed by atoms with van der Waals surface area (Å²) in [6.07, 6.45) is 0.686. The molecule has 23 heavy (non-hydrogen) atoms. The predicted molar refractivity (Wildman–Crippen MR) is 90.3 cm³/mol. The number of ether oxygens (including phenoxy) is 2. The van der Waals surface area contributed by atoms with E-state index in [1.165, 1.54) is 6.92 Å². The van der Waals surface area contributed by atoms with Gasteiger partial charge < -0.3 is 9.47 Å². The van der Waals surface area contributed by atoms with Crippen LogP contribution >= 0.6 is 11.3 Å². The van der Waals surface area contributed by atoms with Crippen LogP contribution in [0.25, 0.3) is 0 Å². The number of benzene rings is 1. The third-order valence-electron chi connectivity index (χ3n) is 3.88. The molecule has 0 bridgehead atoms. The second-order valence-corrected chi connectivity index (χ2v) is 6.04. The molecule has 0 aliphatic carbocycles. The van der Waals surface area contributed by atoms with Gasteiger partial charge in [0, 0.05) is 18.9 Å². The van der Waals surface area contributed by atoms with Crippen molar-refractivity contribution in [1.82, 2.24) is 5.01 Å². The van der Waals surface area contributed by atoms with E-state index in [0.717, 1.165) is 16.8 Å². The van der Waals surface area contributed by atoms with E-state index in [1.54, 1.807) is 30.6 Å². The van der Waals surface area contributed by atoms with E-state index >= 15 is 0 Å². The average Bonchev–Trinajstić information content (AvgIpc) is 3.23. The molecule has 1 unspecified atom stereocenters. The van der Waals surface area contributed by atoms with Crippen molar-refractivity contribution < 1.29 is 14.3 Å². The zero-order valence-electron chi connectivity index (χ0n) is 13.3. The molecule has 0 fully saturated rings. The fourth-order valence-electron chi connectivity index (χ4n) is 2.72. The van der Waals surface area contributed by atoms with Crippen molar-refractivity contribution in [3.05, 3.63) is 46.2 Å². The van der Waals surface area contributed by atoms with Gasteiger partial charge in [-0.15, -0.1) is 0 Å². The van der Waals surface area contributed by atoms with Crippen molar-refractivity contribution in [2.24, 2.45) is 5.10 Å². The van der Waals surface area contributed by atoms with E-state index in [9.17, 15) is 4.79 Å². The van der Waals surface area contributed by atoms with Crippen molar-refractivity contribution in [1.29, 1.82) is 0 Å². The van der Waals surface area contributed by atoms with Crippen molar-refractivity contribution in [2.75, 3.05) is 14.2 Å². The van der Waals surface area contributed by atoms with E-state index < -0.39 is 0 Å². The van der Waals surface area contributed by atoms with Crippen LogP contribution in [0, 0.1) is 0 Å². The lowest BCUT2D eigenvalue weighted by Gasteiger charge is -2.21. The summed E-state index contributed by atoms with van der Waals surface area (Å²) in [6, 6.07) is 7.62. The minimum Gasteiger partial charge on any atom is -0.493 e. The van der Waals surface area contributed by atoms with Crippen LogP contribution in [0.2, 0.25) is 0 Å². The summed E-state index contributed by atoms with van der Waals surface area (Å²) in [6.45, 7) is 1.54. The monoisotopic (exact) mass is 330 g/mol. The first-order valence-corrected chi connectivity index (χ1v) is 8.20. The molecule has 1 aromatic heterocycles. The third kappa shape index (κ3) is 2.94. The molecular weight excluding hydrogens is 312 g/mol. The highest BCUT2D eigenvalue weighted by molar-refractivity contribution is 7.08. The Labute approximate surface area is 139 Å². The first kappa shape index (κ1) is 15.6. The van der Waals surface area contributed by atoms with Gasteiger partial charge in [0.2, 0.25) is 5.91 Å². The standard InChI is InChI=1S/C17H18N2O3S/c1-11(20)19-15(9-14(18-19)13-6-7-23-10-13)12-4-5-16(21-2)17(8-12)22-3/h4-8,10,15H,9H2,1-3H3. The van der Waals surface area contributed by atoms with Crippen molar-refractivity contribution in [3.63, 3.8) is 0 Å². The fraction of sp³-hybridized carbons (Fsp3) is 0.294. The highest BCUT2D eigenvalue weighted by Crippen LogP contribution is 2.37. The molecule has 1 aliphatic heterocycles. The molecule has 1 amide bonds. The summed E-state index contributed by atoms with van der Waals surface area (Å²) >= 11 is 1.62. The SMILES string of the molecule is COc1ccc(C2CC(c3ccsc3)=NN2C(C)=O)cc1OC. The minimum atomic E-state index is -0.123. The molecular formula is C17H18N2O3S. The summed E-state index contributed by atoms with van der Waals surface area (Å²) in [4.78, 5) is 12.0. The van der Waals surface area contributed by atoms with Crippen LogP contribution in [-0.4, -0.2) is 30.8 Å². The number of hydrazone groups is 1. The maximum atomic E-state index is 12.0. The number of carbonyl (C=O) groups is 1. The van der Waals surface area contributed by atoms with Gasteiger partial charge in [-0.05, 0) is 34.5 Å². The van der Waals surface area contributed by atoms with E-state index in [0.29, 0.717) is 17.9 Å². The Morgan fingerprint density at radius 1 is 1.26 bits per heavy atom. The third-order valence-corrected chi connectivity index (χ3v) is 4.56. The summed E-state index contributed by atoms with van der Waals surface area (Å²) < 4.78 is 10.6. The van der Waals surface area contributed by atoms with E-state index in [1.807, 2.05) is 35.0 Å². The quantitative estimate of drug-likeness (QED) is 0.862. The number of hydrogen-bond donors (Lipinski definition) is 0. The van der Waals surface area contributed by atoms with Crippen molar-refractivity contribution >= 4 is 23.0 Å². The van der Waals surface area contributed by atoms with Crippen LogP contribution in [0.15, 0.2) is 40.1 Å². The number of hydrogen-bond acceptors (Lipinski definition) is 5. The van der Waals surface area contributed by atoms with Crippen LogP contribution < -0.4 is 9.47 Å². The molecule has 0 saturated carbocycles. The van der Waals surface area contributed by atoms with E-state index in [4.69, 9.17) is 9.47 Å². The molecule has 1 aliphatic rings. The summed E-state index contributed by atoms with van der Waals surface area (Å²) in [5, 5.41) is 10.1. The normalized spacial score (nSPS) is 17.1. The predicted octanol–water partition coefficient (Wildman–Crippen LogP) is 3.46. The van der Waals surface area contributed by atoms with E-state index in [2.05, 4.69) is 5.10 Å². The number of carbonyl (C=O) groups excluding carboxylic acids is 1. The van der Waals surface area contributed by atoms with Gasteiger partial charge in [-0.3, -0.25) is 4.79 Å². The molecule has 3 rings (SSSR count). The lowest BCUT2D eigenvalue weighted by Crippen LogP contribution is -2.24. The van der Waals surface area contributed by atoms with Crippen molar-refractivity contribution in [3.8, 4) is 11.5 Å². The zero-order chi connectivity index (χ0) is 16.4. The van der Waals surface area contributed by atoms with Gasteiger partial charge in [0.25, 0.3) is 0 Å². The van der Waals surface area contributed by atoms with Gasteiger partial charge in [0.05, 0.1) is 26.0 Å². The fourth-order valence-corrected chi connectivity index (χ4v) is 3.39. The van der Waals surface area contributed by atoms with Gasteiger partial charge in [-0.25, -0.2) is 5.01 Å². The second kappa shape index (κ2) is 6.42. The van der Waals surface area contributed by atoms with Crippen LogP contribution in [0.3, 0.4) is 0 Å². The zero-order valence-corrected chi connectivity index (χ0v) is 14.1. The number of methoxy groups -OCH3 is 2. The molecule has 6 heteroatoms. The number of rotatable bonds is 4. The molecule has 5 nitrogen and oxygen atoms in total. The van der Waals surface area contributed by atoms with Gasteiger partial charge >= 0.3 is 0 Å². The highest BCUT2D eigenvalue weighted by Gasteiger charge is 2.32. The smallest absolute Gasteiger partial charge is 0.240 e. The first-order chi connectivity index (χ1) is 11.1. The summed E-state index contributed by atoms with van der Waals surface area (Å²) in [7, 11) is 3.21. The van der Waals surface area contributed by atoms with Crippen molar-refractivity contribution in [2.45, 2.75) is 19.4 Å². The second-order valence-electron chi connectivity index (χ2n) is 5.26. The Balaban J connectivity index is 1.95. The largest absolute Gasteiger partial charge is 0.493 e. The summed E-state index contributed by atoms with van der Waals surface area (Å²) in [5.41, 5.74) is 2.98. The van der Waals surface area contributed by atoms with Gasteiger partial charge in [-0.2, -0.15) is 16.4 Å². The van der Waals surface area contributed by atoms with Crippen LogP contribution in [0.4, 0.5) is 0 Å². The van der Waals surface area contributed by atoms with Gasteiger partial charge in [-0.1, -0.05) is 6.07 Å². The van der Waals surface area contributed by atoms with Gasteiger partial charge in [0.15, 0.2) is 11.5 Å². The summed E-state index contributed by atoms with van der Waals surface area (Å²) in [5.74, 6) is 1.25. The molecule has 2 aromatic rings. The molecule has 1 aromatic carbocycles. The Hall–Kier alpha value is -2.34. The first-order valence-electron chi connectivity index (χ1n) is 7.25. The molecule has 0 spiro atoms. The topological polar surface area (TPSA) is 51.1 Å². The Morgan fingerprint density at radius 2 is 2.04 bits per heavy atom. The maximum absolute atomic E-state index is 12.0. The number of thiophene rings is 1. The van der Waals surface area contributed by atoms with Gasteiger partial charge in [0.1, 0.15) is 0 Å². The number of amides is 1. The molecule has 0 radical (unpaired) electrons. The van der Waals surface area contributed by atoms with Crippen LogP contribution in [0.1, 0.15) is 30.5 Å². The highest BCUT2D eigenvalue weighted by atomic mass is 32.1. The average molecular weight is 330 g/mol. The molecule has 0 saturated heterocycles. The molecule has 2 heterocycles. The Kier molecular flexibility index (Phi) is 4.34. The number of nitrogens with zero attached hydrogens (tertiary/aromatic N) is 2. The van der Waals surface area contributed by atoms with E-state index in [-0.39, 0.29) is 11.9 Å². The Bertz CT molecular complexity index is 740. The minimum absolute atomic E-state index is 0.0741. The molecule has 1 atom stereocenters.